The van der Waals surface area contributed by atoms with E-state index in [2.05, 4.69) is 20.6 Å². The number of carbonyl (C=O) groups is 2. The molecule has 1 aromatic carbocycles. The molecule has 8 nitrogen and oxygen atoms in total. The highest BCUT2D eigenvalue weighted by Crippen LogP contribution is 2.28. The summed E-state index contributed by atoms with van der Waals surface area (Å²) in [4.78, 5) is 42.2. The predicted octanol–water partition coefficient (Wildman–Crippen LogP) is 1.56. The largest absolute Gasteiger partial charge is 0.383 e. The molecule has 0 fully saturated rings. The van der Waals surface area contributed by atoms with Gasteiger partial charge in [0, 0.05) is 19.0 Å². The summed E-state index contributed by atoms with van der Waals surface area (Å²) in [6, 6.07) is 5.43. The molecule has 28 heavy (non-hydrogen) atoms. The number of aryl methyl sites for hydroxylation is 1. The maximum Gasteiger partial charge on any atom is 0.345 e. The Hall–Kier alpha value is -2.65. The van der Waals surface area contributed by atoms with E-state index in [4.69, 9.17) is 4.74 Å². The second-order valence-electron chi connectivity index (χ2n) is 6.63. The van der Waals surface area contributed by atoms with Crippen molar-refractivity contribution < 1.29 is 14.3 Å². The molecule has 0 radical (unpaired) electrons. The minimum Gasteiger partial charge on any atom is -0.383 e. The van der Waals surface area contributed by atoms with Gasteiger partial charge in [0.15, 0.2) is 0 Å². The summed E-state index contributed by atoms with van der Waals surface area (Å²) in [5.74, 6) is -0.228. The van der Waals surface area contributed by atoms with Gasteiger partial charge in [-0.2, -0.15) is 0 Å². The summed E-state index contributed by atoms with van der Waals surface area (Å²) in [6.07, 6.45) is 1.83. The van der Waals surface area contributed by atoms with Gasteiger partial charge in [-0.15, -0.1) is 0 Å². The van der Waals surface area contributed by atoms with Gasteiger partial charge in [-0.1, -0.05) is 23.9 Å². The summed E-state index contributed by atoms with van der Waals surface area (Å²) >= 11 is 1.23. The number of rotatable bonds is 7. The SMILES string of the molecule is COC[C@@H](Sc1[nH]c(=O)ncc1C)C(=O)N[C@@H](C)c1ccc2c(c1)CC(=O)N2. The summed E-state index contributed by atoms with van der Waals surface area (Å²) in [5.41, 5.74) is 2.98. The van der Waals surface area contributed by atoms with Crippen LogP contribution in [0.1, 0.15) is 29.7 Å². The number of anilines is 1. The molecule has 0 aliphatic carbocycles. The van der Waals surface area contributed by atoms with Crippen LogP contribution in [0.3, 0.4) is 0 Å². The Kier molecular flexibility index (Phi) is 6.15. The highest BCUT2D eigenvalue weighted by Gasteiger charge is 2.24. The number of thioether (sulfide) groups is 1. The molecule has 0 bridgehead atoms. The Morgan fingerprint density at radius 2 is 2.18 bits per heavy atom. The fourth-order valence-electron chi connectivity index (χ4n) is 2.93. The Morgan fingerprint density at radius 1 is 1.39 bits per heavy atom. The quantitative estimate of drug-likeness (QED) is 0.478. The number of carbonyl (C=O) groups excluding carboxylic acids is 2. The standard InChI is InChI=1S/C19H22N4O4S/c1-10-8-20-19(26)23-18(10)28-15(9-27-3)17(25)21-11(2)12-4-5-14-13(6-12)7-16(24)22-14/h4-6,8,11,15H,7,9H2,1-3H3,(H,21,25)(H,22,24)(H,20,23,26)/t11-,15+/m0/s1. The third kappa shape index (κ3) is 4.60. The third-order valence-corrected chi connectivity index (χ3v) is 5.73. The Bertz CT molecular complexity index is 959. The van der Waals surface area contributed by atoms with Crippen LogP contribution in [0.5, 0.6) is 0 Å². The molecule has 0 unspecified atom stereocenters. The van der Waals surface area contributed by atoms with Crippen LogP contribution in [0, 0.1) is 6.92 Å². The molecule has 1 aromatic heterocycles. The van der Waals surface area contributed by atoms with Crippen LogP contribution in [0.4, 0.5) is 5.69 Å². The first-order chi connectivity index (χ1) is 13.4. The van der Waals surface area contributed by atoms with Gasteiger partial charge in [0.25, 0.3) is 0 Å². The smallest absolute Gasteiger partial charge is 0.345 e. The predicted molar refractivity (Wildman–Crippen MR) is 106 cm³/mol. The van der Waals surface area contributed by atoms with E-state index in [-0.39, 0.29) is 24.5 Å². The fraction of sp³-hybridized carbons (Fsp3) is 0.368. The number of fused-ring (bicyclic) bond motifs is 1. The molecule has 3 rings (SSSR count). The number of ether oxygens (including phenoxy) is 1. The van der Waals surface area contributed by atoms with Gasteiger partial charge in [-0.05, 0) is 36.6 Å². The van der Waals surface area contributed by atoms with E-state index in [0.717, 1.165) is 22.4 Å². The fourth-order valence-corrected chi connectivity index (χ4v) is 3.98. The zero-order chi connectivity index (χ0) is 20.3. The number of methoxy groups -OCH3 is 1. The van der Waals surface area contributed by atoms with Crippen molar-refractivity contribution in [3.8, 4) is 0 Å². The monoisotopic (exact) mass is 402 g/mol. The number of aromatic amines is 1. The highest BCUT2D eigenvalue weighted by atomic mass is 32.2. The second-order valence-corrected chi connectivity index (χ2v) is 7.85. The van der Waals surface area contributed by atoms with E-state index < -0.39 is 10.9 Å². The minimum atomic E-state index is -0.540. The first kappa shape index (κ1) is 20.1. The summed E-state index contributed by atoms with van der Waals surface area (Å²) in [5, 5.41) is 5.83. The number of nitrogens with one attached hydrogen (secondary N) is 3. The van der Waals surface area contributed by atoms with Gasteiger partial charge < -0.3 is 20.4 Å². The average Bonchev–Trinajstić information content (AvgIpc) is 3.03. The summed E-state index contributed by atoms with van der Waals surface area (Å²) < 4.78 is 5.19. The molecular weight excluding hydrogens is 380 g/mol. The number of H-pyrrole nitrogens is 1. The molecule has 3 N–H and O–H groups in total. The van der Waals surface area contributed by atoms with Gasteiger partial charge in [-0.3, -0.25) is 9.59 Å². The number of benzene rings is 1. The topological polar surface area (TPSA) is 113 Å². The van der Waals surface area contributed by atoms with Crippen LogP contribution in [-0.4, -0.2) is 40.7 Å². The van der Waals surface area contributed by atoms with Gasteiger partial charge in [-0.25, -0.2) is 9.78 Å². The minimum absolute atomic E-state index is 0.0258. The number of nitrogens with zero attached hydrogens (tertiary/aromatic N) is 1. The van der Waals surface area contributed by atoms with E-state index in [9.17, 15) is 14.4 Å². The molecule has 0 saturated carbocycles. The lowest BCUT2D eigenvalue weighted by molar-refractivity contribution is -0.122. The molecule has 148 valence electrons. The molecule has 9 heteroatoms. The van der Waals surface area contributed by atoms with Crippen molar-refractivity contribution in [3.05, 3.63) is 51.6 Å². The summed E-state index contributed by atoms with van der Waals surface area (Å²) in [7, 11) is 1.52. The van der Waals surface area contributed by atoms with Crippen molar-refractivity contribution >= 4 is 29.3 Å². The number of hydrogen-bond donors (Lipinski definition) is 3. The Balaban J connectivity index is 1.71. The first-order valence-corrected chi connectivity index (χ1v) is 9.70. The van der Waals surface area contributed by atoms with Crippen molar-refractivity contribution in [2.45, 2.75) is 36.6 Å². The Morgan fingerprint density at radius 3 is 2.93 bits per heavy atom. The zero-order valence-electron chi connectivity index (χ0n) is 15.9. The molecule has 2 atom stereocenters. The molecule has 2 aromatic rings. The van der Waals surface area contributed by atoms with Crippen LogP contribution in [0.2, 0.25) is 0 Å². The average molecular weight is 402 g/mol. The van der Waals surface area contributed by atoms with Crippen molar-refractivity contribution in [2.24, 2.45) is 0 Å². The second kappa shape index (κ2) is 8.57. The number of aromatic nitrogens is 2. The van der Waals surface area contributed by atoms with Crippen LogP contribution in [0.25, 0.3) is 0 Å². The van der Waals surface area contributed by atoms with Gasteiger partial charge in [0.1, 0.15) is 5.25 Å². The van der Waals surface area contributed by atoms with Crippen LogP contribution in [0.15, 0.2) is 34.2 Å². The normalized spacial score (nSPS) is 14.9. The maximum atomic E-state index is 12.8. The summed E-state index contributed by atoms with van der Waals surface area (Å²) in [6.45, 7) is 3.89. The van der Waals surface area contributed by atoms with Crippen LogP contribution < -0.4 is 16.3 Å². The molecular formula is C19H22N4O4S. The van der Waals surface area contributed by atoms with Gasteiger partial charge >= 0.3 is 5.69 Å². The lowest BCUT2D eigenvalue weighted by atomic mass is 10.0. The number of hydrogen-bond acceptors (Lipinski definition) is 6. The third-order valence-electron chi connectivity index (χ3n) is 4.44. The first-order valence-electron chi connectivity index (χ1n) is 8.82. The molecule has 0 saturated heterocycles. The van der Waals surface area contributed by atoms with E-state index in [1.165, 1.54) is 25.1 Å². The van der Waals surface area contributed by atoms with Gasteiger partial charge in [0.05, 0.1) is 24.1 Å². The maximum absolute atomic E-state index is 12.8. The molecule has 1 aliphatic heterocycles. The molecule has 1 aliphatic rings. The van der Waals surface area contributed by atoms with Crippen molar-refractivity contribution in [2.75, 3.05) is 19.0 Å². The van der Waals surface area contributed by atoms with E-state index >= 15 is 0 Å². The zero-order valence-corrected chi connectivity index (χ0v) is 16.7. The number of amides is 2. The van der Waals surface area contributed by atoms with E-state index in [1.807, 2.05) is 32.0 Å². The lowest BCUT2D eigenvalue weighted by Crippen LogP contribution is -2.37. The van der Waals surface area contributed by atoms with E-state index in [1.54, 1.807) is 0 Å². The molecule has 2 amide bonds. The van der Waals surface area contributed by atoms with Gasteiger partial charge in [0.2, 0.25) is 11.8 Å². The van der Waals surface area contributed by atoms with Crippen molar-refractivity contribution in [1.82, 2.24) is 15.3 Å². The molecule has 2 heterocycles. The molecule has 0 spiro atoms. The van der Waals surface area contributed by atoms with Crippen molar-refractivity contribution in [1.29, 1.82) is 0 Å². The Labute approximate surface area is 166 Å². The lowest BCUT2D eigenvalue weighted by Gasteiger charge is -2.20. The van der Waals surface area contributed by atoms with Crippen LogP contribution >= 0.6 is 11.8 Å². The highest BCUT2D eigenvalue weighted by molar-refractivity contribution is 8.00. The van der Waals surface area contributed by atoms with Crippen LogP contribution in [-0.2, 0) is 20.7 Å². The van der Waals surface area contributed by atoms with Crippen molar-refractivity contribution in [3.63, 3.8) is 0 Å². The van der Waals surface area contributed by atoms with E-state index in [0.29, 0.717) is 11.4 Å².